The summed E-state index contributed by atoms with van der Waals surface area (Å²) in [7, 11) is 2.26. The highest BCUT2D eigenvalue weighted by Gasteiger charge is 2.63. The fourth-order valence-electron chi connectivity index (χ4n) is 17.3. The summed E-state index contributed by atoms with van der Waals surface area (Å²) in [6.07, 6.45) is -36.7. The van der Waals surface area contributed by atoms with E-state index in [9.17, 15) is 20.7 Å². The molecule has 0 saturated carbocycles. The minimum atomic E-state index is -2.05. The lowest BCUT2D eigenvalue weighted by atomic mass is 9.93. The molecule has 1 amide bonds. The van der Waals surface area contributed by atoms with Crippen molar-refractivity contribution in [1.82, 2.24) is 5.32 Å². The van der Waals surface area contributed by atoms with Crippen molar-refractivity contribution in [3.8, 4) is 0 Å². The summed E-state index contributed by atoms with van der Waals surface area (Å²) in [4.78, 5) is 81.2. The Labute approximate surface area is 811 Å². The van der Waals surface area contributed by atoms with Gasteiger partial charge < -0.3 is 114 Å². The van der Waals surface area contributed by atoms with Gasteiger partial charge in [-0.25, -0.2) is 14.4 Å². The summed E-state index contributed by atoms with van der Waals surface area (Å²) in [5.74, 6) is -4.30. The topological polar surface area (TPSA) is 407 Å². The third-order valence-corrected chi connectivity index (χ3v) is 24.2. The van der Waals surface area contributed by atoms with Crippen molar-refractivity contribution in [2.24, 2.45) is 15.6 Å². The average Bonchev–Trinajstić information content (AvgIpc) is 0.756. The van der Waals surface area contributed by atoms with Crippen LogP contribution in [-0.4, -0.2) is 223 Å². The molecule has 0 radical (unpaired) electrons. The number of rotatable bonds is 42. The van der Waals surface area contributed by atoms with Crippen molar-refractivity contribution in [1.29, 1.82) is 0 Å². The maximum atomic E-state index is 15.6. The van der Waals surface area contributed by atoms with Gasteiger partial charge in [-0.1, -0.05) is 271 Å². The number of hydrogen-bond acceptors (Lipinski definition) is 30. The molecule has 6 aliphatic rings. The number of methoxy groups -OCH3 is 2. The summed E-state index contributed by atoms with van der Waals surface area (Å²) in [6, 6.07) is 77.0. The largest absolute Gasteiger partial charge is 0.467 e. The van der Waals surface area contributed by atoms with Gasteiger partial charge in [0.15, 0.2) is 56.1 Å². The van der Waals surface area contributed by atoms with Crippen molar-refractivity contribution in [2.45, 2.75) is 254 Å². The molecule has 6 heterocycles. The fraction of sp³-hybridized carbons (Fsp3) is 0.438. The smallest absolute Gasteiger partial charge is 0.338 e. The average molecular weight is 1930 g/mol. The Balaban J connectivity index is 0.851. The molecule has 9 aromatic rings. The van der Waals surface area contributed by atoms with Crippen LogP contribution >= 0.6 is 0 Å². The van der Waals surface area contributed by atoms with E-state index in [1.807, 2.05) is 188 Å². The minimum Gasteiger partial charge on any atom is -0.467 e. The molecular formula is C105H117N7O28. The van der Waals surface area contributed by atoms with Gasteiger partial charge in [0.1, 0.15) is 110 Å². The number of carbonyl (C=O) groups excluding carboxylic acids is 5. The SMILES string of the molecule is COC(=O)[C@@H]1O[C@@H](O[C@H]2[C@H](OCc3ccccc3)[C@@H](N=[N+]=[N-])[C@@H](O[C@H]3[C@H](OCc4ccccc4)[C@@H](OC(=O)C(C)(C)C)[C@H](O[C@H]4[C@H](OCc5ccccc5)[C@@H](NC(C)=O)[C@@H](OC(C)C)O[C@@H]4COC(=O)c4ccccc4)O[C@H]3C(=O)OC)O[C@@H]2COCc2ccccc2)[C@H](OCc2ccccc2)[C@@H](OCc2ccccc2)[C@@H]1O[C@H]1O[C@@H]2CO[C@@H](c3ccccc3)O[C@H]2[C@H](OCc2ccccc2)[C@H]1N=[N+]=[N-]. The summed E-state index contributed by atoms with van der Waals surface area (Å²) in [6.45, 7) is 7.44. The summed E-state index contributed by atoms with van der Waals surface area (Å²) >= 11 is 0. The zero-order chi connectivity index (χ0) is 97.9. The molecule has 9 aromatic carbocycles. The van der Waals surface area contributed by atoms with E-state index in [1.165, 1.54) is 6.92 Å². The molecule has 740 valence electrons. The Morgan fingerprint density at radius 3 is 1.22 bits per heavy atom. The number of azide groups is 2. The Hall–Kier alpha value is -11.8. The molecule has 0 spiro atoms. The molecule has 35 heteroatoms. The van der Waals surface area contributed by atoms with E-state index in [1.54, 1.807) is 120 Å². The first-order valence-corrected chi connectivity index (χ1v) is 46.5. The Bertz CT molecular complexity index is 5460. The number of ether oxygens (including phenoxy) is 23. The second-order valence-electron chi connectivity index (χ2n) is 35.6. The van der Waals surface area contributed by atoms with Crippen LogP contribution in [0.25, 0.3) is 20.9 Å². The number of hydrogen-bond donors (Lipinski definition) is 1. The highest BCUT2D eigenvalue weighted by molar-refractivity contribution is 5.89. The monoisotopic (exact) mass is 1920 g/mol. The predicted octanol–water partition coefficient (Wildman–Crippen LogP) is 14.4. The van der Waals surface area contributed by atoms with Gasteiger partial charge >= 0.3 is 23.9 Å². The lowest BCUT2D eigenvalue weighted by molar-refractivity contribution is -0.390. The number of benzene rings is 9. The molecule has 6 fully saturated rings. The molecule has 6 aliphatic heterocycles. The van der Waals surface area contributed by atoms with Gasteiger partial charge in [0, 0.05) is 22.3 Å². The lowest BCUT2D eigenvalue weighted by Gasteiger charge is -2.52. The van der Waals surface area contributed by atoms with Crippen molar-refractivity contribution >= 4 is 29.8 Å². The first-order valence-electron chi connectivity index (χ1n) is 46.5. The van der Waals surface area contributed by atoms with Crippen LogP contribution in [0, 0.1) is 5.41 Å². The van der Waals surface area contributed by atoms with Gasteiger partial charge in [0.25, 0.3) is 0 Å². The molecular weight excluding hydrogens is 1810 g/mol. The van der Waals surface area contributed by atoms with E-state index in [0.717, 1.165) is 25.3 Å². The molecule has 0 bridgehead atoms. The van der Waals surface area contributed by atoms with E-state index >= 15 is 14.4 Å². The van der Waals surface area contributed by atoms with Crippen LogP contribution < -0.4 is 5.32 Å². The predicted molar refractivity (Wildman–Crippen MR) is 499 cm³/mol. The molecule has 1 N–H and O–H groups in total. The Morgan fingerprint density at radius 1 is 0.407 bits per heavy atom. The van der Waals surface area contributed by atoms with Crippen molar-refractivity contribution in [3.63, 3.8) is 0 Å². The van der Waals surface area contributed by atoms with Crippen molar-refractivity contribution < 1.29 is 133 Å². The molecule has 35 nitrogen and oxygen atoms in total. The highest BCUT2D eigenvalue weighted by Crippen LogP contribution is 2.45. The standard InChI is InChI=1S/C105H117N7O28/c1-64(2)129-99-78(108-65(3)113)84(121-55-67-38-20-10-21-39-67)82(76(131-99)62-127-95(114)73-50-32-16-33-51-73)135-103-94(140-104(117)105(4,5)6)88(125-59-71-46-28-14-29-47-71)90(92(139-103)97(116)119-8)137-100-79(109-111-106)85(122-56-68-40-22-11-23-41-68)81(75(130-100)61-120-54-66-36-18-9-19-37-66)134-102-93(126-60-72-48-30-15-31-49-72)87(124-58-70-44-26-13-27-45-70)89(91(138-102)96(115)118-7)136-101-80(110-112-107)86(123-57-69-42-24-12-25-43-69)83-77(132-101)63-128-98(133-83)74-52-34-17-35-53-74/h9-53,64,75-94,98-103H,54-63H2,1-8H3,(H,108,113)/t75-,76-,77-,78-,79-,80-,81-,82-,83-,84-,85-,86-,87+,88+,89+,90+,91-,92-,93-,94-,98-,99+,100-,101-,102-,103-/m1/s1. The number of amides is 1. The molecule has 0 aliphatic carbocycles. The van der Waals surface area contributed by atoms with E-state index in [-0.39, 0.29) is 58.4 Å². The highest BCUT2D eigenvalue weighted by atomic mass is 16.8. The van der Waals surface area contributed by atoms with Crippen LogP contribution in [0.4, 0.5) is 0 Å². The first-order chi connectivity index (χ1) is 68.2. The second kappa shape index (κ2) is 50.5. The van der Waals surface area contributed by atoms with Gasteiger partial charge in [-0.15, -0.1) is 0 Å². The van der Waals surface area contributed by atoms with Crippen molar-refractivity contribution in [3.05, 3.63) is 344 Å². The van der Waals surface area contributed by atoms with Crippen LogP contribution in [0.1, 0.15) is 103 Å². The normalized spacial score (nSPS) is 28.9. The maximum absolute atomic E-state index is 15.6. The third-order valence-electron chi connectivity index (χ3n) is 24.2. The van der Waals surface area contributed by atoms with Gasteiger partial charge in [-0.2, -0.15) is 0 Å². The van der Waals surface area contributed by atoms with Crippen molar-refractivity contribution in [2.75, 3.05) is 34.0 Å². The fourth-order valence-corrected chi connectivity index (χ4v) is 17.3. The number of carbonyl (C=O) groups is 5. The number of esters is 4. The van der Waals surface area contributed by atoms with Crippen LogP contribution in [0.15, 0.2) is 283 Å². The number of fused-ring (bicyclic) bond motifs is 1. The second-order valence-corrected chi connectivity index (χ2v) is 35.6. The molecule has 0 aromatic heterocycles. The Kier molecular flexibility index (Phi) is 37.0. The maximum Gasteiger partial charge on any atom is 0.338 e. The van der Waals surface area contributed by atoms with Gasteiger partial charge in [0.2, 0.25) is 5.91 Å². The zero-order valence-corrected chi connectivity index (χ0v) is 78.8. The zero-order valence-electron chi connectivity index (χ0n) is 78.8. The third kappa shape index (κ3) is 27.1. The Morgan fingerprint density at radius 2 is 0.779 bits per heavy atom. The van der Waals surface area contributed by atoms with Crippen LogP contribution in [0.5, 0.6) is 0 Å². The number of nitrogens with one attached hydrogen (secondary N) is 1. The van der Waals surface area contributed by atoms with E-state index in [4.69, 9.17) is 109 Å². The van der Waals surface area contributed by atoms with E-state index < -0.39 is 214 Å². The van der Waals surface area contributed by atoms with Gasteiger partial charge in [0.05, 0.1) is 90.8 Å². The van der Waals surface area contributed by atoms with E-state index in [0.29, 0.717) is 33.4 Å². The van der Waals surface area contributed by atoms with Crippen LogP contribution in [0.3, 0.4) is 0 Å². The quantitative estimate of drug-likeness (QED) is 0.0122. The molecule has 26 atom stereocenters. The van der Waals surface area contributed by atoms with Gasteiger partial charge in [-0.3, -0.25) is 9.59 Å². The van der Waals surface area contributed by atoms with Crippen LogP contribution in [0.2, 0.25) is 0 Å². The summed E-state index contributed by atoms with van der Waals surface area (Å²) in [5, 5.41) is 11.8. The minimum absolute atomic E-state index is 0.00256. The molecule has 6 saturated heterocycles. The molecule has 0 unspecified atom stereocenters. The van der Waals surface area contributed by atoms with E-state index in [2.05, 4.69) is 25.4 Å². The summed E-state index contributed by atoms with van der Waals surface area (Å²) in [5.41, 5.74) is 26.3. The lowest BCUT2D eigenvalue weighted by Crippen LogP contribution is -2.70. The van der Waals surface area contributed by atoms with Gasteiger partial charge in [-0.05, 0) is 96.8 Å². The first kappa shape index (κ1) is 103. The number of nitrogens with zero attached hydrogens (tertiary/aromatic N) is 6. The summed E-state index contributed by atoms with van der Waals surface area (Å²) < 4.78 is 159. The molecule has 15 rings (SSSR count). The molecule has 140 heavy (non-hydrogen) atoms. The van der Waals surface area contributed by atoms with Crippen LogP contribution in [-0.2, 0) is 174 Å².